The fourth-order valence-electron chi connectivity index (χ4n) is 2.61. The van der Waals surface area contributed by atoms with Crippen LogP contribution in [0.5, 0.6) is 0 Å². The van der Waals surface area contributed by atoms with Crippen LogP contribution in [0.2, 0.25) is 0 Å². The Morgan fingerprint density at radius 2 is 1.27 bits per heavy atom. The maximum Gasteiger partial charge on any atom is 0.222 e. The van der Waals surface area contributed by atoms with E-state index in [-0.39, 0.29) is 0 Å². The van der Waals surface area contributed by atoms with Gasteiger partial charge < -0.3 is 9.87 Å². The molecule has 0 rings (SSSR count). The second-order valence-electron chi connectivity index (χ2n) is 6.05. The van der Waals surface area contributed by atoms with Crippen molar-refractivity contribution in [3.05, 3.63) is 0 Å². The molecule has 0 aromatic carbocycles. The number of hydrogen-bond donors (Lipinski definition) is 1. The van der Waals surface area contributed by atoms with E-state index >= 15 is 0 Å². The normalized spacial score (nSPS) is 13.4. The third-order valence-corrected chi connectivity index (χ3v) is 4.44. The van der Waals surface area contributed by atoms with Crippen molar-refractivity contribution in [2.45, 2.75) is 96.6 Å². The maximum absolute atomic E-state index is 10.5. The van der Waals surface area contributed by atoms with Gasteiger partial charge in [0.1, 0.15) is 0 Å². The second kappa shape index (κ2) is 14.4. The Labute approximate surface area is 137 Å². The van der Waals surface area contributed by atoms with Crippen LogP contribution in [0.25, 0.3) is 0 Å². The summed E-state index contributed by atoms with van der Waals surface area (Å²) in [5.74, 6) is 0. The first-order valence-electron chi connectivity index (χ1n) is 8.93. The third-order valence-electron chi connectivity index (χ3n) is 3.96. The summed E-state index contributed by atoms with van der Waals surface area (Å²) >= 11 is 0. The minimum Gasteiger partial charge on any atom is -0.725 e. The van der Waals surface area contributed by atoms with Crippen molar-refractivity contribution in [1.29, 1.82) is 0 Å². The molecule has 0 aromatic rings. The summed E-state index contributed by atoms with van der Waals surface area (Å²) in [5, 5.41) is 1.63. The Kier molecular flexibility index (Phi) is 14.3. The minimum absolute atomic E-state index is 0.564. The van der Waals surface area contributed by atoms with E-state index in [1.165, 1.54) is 64.2 Å². The Hall–Kier alpha value is -0.170. The first kappa shape index (κ1) is 21.8. The van der Waals surface area contributed by atoms with E-state index in [1.54, 1.807) is 12.4 Å². The summed E-state index contributed by atoms with van der Waals surface area (Å²) in [6, 6.07) is 0. The molecule has 0 radical (unpaired) electrons. The van der Waals surface area contributed by atoms with Gasteiger partial charge in [0.05, 0.1) is 7.05 Å². The molecule has 0 bridgehead atoms. The predicted octanol–water partition coefficient (Wildman–Crippen LogP) is 3.07. The molecular weight excluding hydrogens is 302 g/mol. The molecule has 1 unspecified atom stereocenters. The summed E-state index contributed by atoms with van der Waals surface area (Å²) in [7, 11) is -2.86. The molecule has 0 aromatic heterocycles. The fraction of sp³-hybridized carbons (Fsp3) is 1.00. The lowest BCUT2D eigenvalue weighted by atomic mass is 10.0. The molecule has 6 heteroatoms. The average Bonchev–Trinajstić information content (AvgIpc) is 2.46. The molecule has 2 N–H and O–H groups in total. The molecule has 0 amide bonds. The van der Waals surface area contributed by atoms with Crippen LogP contribution in [0.3, 0.4) is 0 Å². The molecule has 134 valence electrons. The van der Waals surface area contributed by atoms with Crippen molar-refractivity contribution in [2.75, 3.05) is 7.05 Å². The Balaban J connectivity index is 3.32. The molecule has 0 heterocycles. The van der Waals surface area contributed by atoms with Gasteiger partial charge in [-0.15, -0.1) is 0 Å². The summed E-state index contributed by atoms with van der Waals surface area (Å²) < 4.78 is 36.0. The topological polar surface area (TPSA) is 83.0 Å². The van der Waals surface area contributed by atoms with Crippen LogP contribution in [0.15, 0.2) is 0 Å². The van der Waals surface area contributed by atoms with Crippen LogP contribution >= 0.6 is 0 Å². The van der Waals surface area contributed by atoms with Crippen LogP contribution in [-0.4, -0.2) is 26.2 Å². The van der Waals surface area contributed by atoms with E-state index in [4.69, 9.17) is 0 Å². The van der Waals surface area contributed by atoms with Gasteiger partial charge in [0.25, 0.3) is 0 Å². The zero-order valence-electron chi connectivity index (χ0n) is 14.4. The Bertz CT molecular complexity index is 333. The minimum atomic E-state index is -4.58. The molecular formula is C16H35NO4S. The number of hydrogen-bond acceptors (Lipinski definition) is 4. The van der Waals surface area contributed by atoms with E-state index in [0.717, 1.165) is 12.8 Å². The number of nitrogens with two attached hydrogens (primary N) is 1. The lowest BCUT2D eigenvalue weighted by molar-refractivity contribution is -0.695. The van der Waals surface area contributed by atoms with E-state index in [1.807, 2.05) is 0 Å². The Morgan fingerprint density at radius 1 is 0.864 bits per heavy atom. The summed E-state index contributed by atoms with van der Waals surface area (Å²) in [6.07, 6.45) is 15.2. The highest BCUT2D eigenvalue weighted by Gasteiger charge is 2.12. The van der Waals surface area contributed by atoms with Crippen LogP contribution in [0, 0.1) is 0 Å². The highest BCUT2D eigenvalue weighted by molar-refractivity contribution is 7.80. The number of quaternary nitrogens is 1. The largest absolute Gasteiger partial charge is 0.725 e. The zero-order chi connectivity index (χ0) is 16.7. The molecule has 1 atom stereocenters. The van der Waals surface area contributed by atoms with Gasteiger partial charge in [-0.1, -0.05) is 77.6 Å². The molecule has 0 spiro atoms. The summed E-state index contributed by atoms with van der Waals surface area (Å²) in [5.41, 5.74) is 0. The van der Waals surface area contributed by atoms with Crippen molar-refractivity contribution < 1.29 is 22.5 Å². The Morgan fingerprint density at radius 3 is 1.64 bits per heavy atom. The number of unbranched alkanes of at least 4 members (excludes halogenated alkanes) is 11. The first-order valence-corrected chi connectivity index (χ1v) is 10.3. The molecule has 0 saturated carbocycles. The highest BCUT2D eigenvalue weighted by atomic mass is 32.3. The van der Waals surface area contributed by atoms with Gasteiger partial charge in [-0.3, -0.25) is 0 Å². The maximum atomic E-state index is 10.5. The van der Waals surface area contributed by atoms with E-state index in [2.05, 4.69) is 11.1 Å². The van der Waals surface area contributed by atoms with Gasteiger partial charge in [0.15, 0.2) is 0 Å². The molecule has 0 fully saturated rings. The van der Waals surface area contributed by atoms with Gasteiger partial charge in [-0.25, -0.2) is 12.6 Å². The fourth-order valence-corrected chi connectivity index (χ4v) is 3.12. The van der Waals surface area contributed by atoms with Gasteiger partial charge in [0, 0.05) is 6.42 Å². The standard InChI is InChI=1S/C16H35NO4S/c1-3-4-5-6-7-8-9-10-11-12-13-14-15-16(17-2)21-22(18,19)20/h16-17H,3-15H2,1-2H3,(H,18,19,20). The average molecular weight is 338 g/mol. The quantitative estimate of drug-likeness (QED) is 0.203. The molecule has 0 saturated heterocycles. The second-order valence-corrected chi connectivity index (χ2v) is 7.06. The molecule has 0 aliphatic heterocycles. The third kappa shape index (κ3) is 16.2. The van der Waals surface area contributed by atoms with Crippen molar-refractivity contribution in [3.63, 3.8) is 0 Å². The molecule has 5 nitrogen and oxygen atoms in total. The van der Waals surface area contributed by atoms with E-state index in [0.29, 0.717) is 6.42 Å². The predicted molar refractivity (Wildman–Crippen MR) is 88.1 cm³/mol. The SMILES string of the molecule is CCCCCCCCCCCCCCC([NH2+]C)OS(=O)(=O)[O-]. The zero-order valence-corrected chi connectivity index (χ0v) is 15.2. The lowest BCUT2D eigenvalue weighted by Crippen LogP contribution is -2.87. The van der Waals surface area contributed by atoms with Crippen molar-refractivity contribution in [1.82, 2.24) is 0 Å². The lowest BCUT2D eigenvalue weighted by Gasteiger charge is -2.15. The van der Waals surface area contributed by atoms with Crippen molar-refractivity contribution >= 4 is 10.4 Å². The number of rotatable bonds is 16. The first-order chi connectivity index (χ1) is 10.5. The molecule has 0 aliphatic carbocycles. The van der Waals surface area contributed by atoms with E-state index < -0.39 is 16.6 Å². The van der Waals surface area contributed by atoms with Crippen LogP contribution in [0.4, 0.5) is 0 Å². The van der Waals surface area contributed by atoms with Gasteiger partial charge in [-0.05, 0) is 6.42 Å². The van der Waals surface area contributed by atoms with Crippen molar-refractivity contribution in [2.24, 2.45) is 0 Å². The van der Waals surface area contributed by atoms with Crippen molar-refractivity contribution in [3.8, 4) is 0 Å². The smallest absolute Gasteiger partial charge is 0.222 e. The molecule has 0 aliphatic rings. The van der Waals surface area contributed by atoms with Crippen LogP contribution < -0.4 is 5.32 Å². The van der Waals surface area contributed by atoms with Crippen LogP contribution in [0.1, 0.15) is 90.4 Å². The van der Waals surface area contributed by atoms with E-state index in [9.17, 15) is 13.0 Å². The monoisotopic (exact) mass is 337 g/mol. The van der Waals surface area contributed by atoms with Gasteiger partial charge in [-0.2, -0.15) is 0 Å². The highest BCUT2D eigenvalue weighted by Crippen LogP contribution is 2.13. The van der Waals surface area contributed by atoms with Crippen LogP contribution in [-0.2, 0) is 14.6 Å². The molecule has 22 heavy (non-hydrogen) atoms. The van der Waals surface area contributed by atoms with Gasteiger partial charge >= 0.3 is 0 Å². The summed E-state index contributed by atoms with van der Waals surface area (Å²) in [4.78, 5) is 0. The summed E-state index contributed by atoms with van der Waals surface area (Å²) in [6.45, 7) is 2.24. The van der Waals surface area contributed by atoms with Gasteiger partial charge in [0.2, 0.25) is 16.6 Å².